The van der Waals surface area contributed by atoms with Crippen LogP contribution in [0.3, 0.4) is 0 Å². The summed E-state index contributed by atoms with van der Waals surface area (Å²) in [6.45, 7) is 14.1. The third-order valence-corrected chi connectivity index (χ3v) is 12.7. The first-order chi connectivity index (χ1) is 30.9. The van der Waals surface area contributed by atoms with Gasteiger partial charge >= 0.3 is 11.9 Å². The Morgan fingerprint density at radius 2 is 1.14 bits per heavy atom. The summed E-state index contributed by atoms with van der Waals surface area (Å²) in [5.41, 5.74) is 6.05. The van der Waals surface area contributed by atoms with E-state index < -0.39 is 126 Å². The van der Waals surface area contributed by atoms with Gasteiger partial charge in [0.15, 0.2) is 0 Å². The third-order valence-electron chi connectivity index (χ3n) is 12.7. The SMILES string of the molecule is CC[C@H](C)[C@H](NC(=O)[C@@H](N)C(C)C)C(=O)N[C@@H](CC(C)C)C(=O)N1CCC[C@H]1C(=O)N[C@H](C(=O)N[C@@H](C)C(=O)N1CCC[C@H]1C(=O)N1CCC[C@H]1C(=O)N[C@@H](CCC(=O)O)C(=O)O)[C@@H](C)O. The van der Waals surface area contributed by atoms with Crippen LogP contribution in [0.2, 0.25) is 0 Å². The number of carbonyl (C=O) groups excluding carboxylic acids is 8. The van der Waals surface area contributed by atoms with E-state index in [1.165, 1.54) is 28.5 Å². The molecule has 22 nitrogen and oxygen atoms in total. The molecule has 3 heterocycles. The van der Waals surface area contributed by atoms with Crippen LogP contribution in [0.25, 0.3) is 0 Å². The zero-order valence-corrected chi connectivity index (χ0v) is 39.5. The van der Waals surface area contributed by atoms with Crippen LogP contribution in [-0.4, -0.2) is 169 Å². The maximum absolute atomic E-state index is 14.2. The molecular formula is C44H73N9O13. The van der Waals surface area contributed by atoms with E-state index in [9.17, 15) is 58.2 Å². The molecule has 3 fully saturated rings. The lowest BCUT2D eigenvalue weighted by atomic mass is 9.95. The largest absolute Gasteiger partial charge is 0.481 e. The molecule has 3 rings (SSSR count). The molecule has 0 aromatic heterocycles. The average Bonchev–Trinajstić information content (AvgIpc) is 4.06. The van der Waals surface area contributed by atoms with Gasteiger partial charge in [-0.05, 0) is 83.0 Å². The van der Waals surface area contributed by atoms with Gasteiger partial charge in [-0.25, -0.2) is 4.79 Å². The second-order valence-electron chi connectivity index (χ2n) is 18.7. The number of nitrogens with one attached hydrogen (secondary N) is 5. The fraction of sp³-hybridized carbons (Fsp3) is 0.773. The quantitative estimate of drug-likeness (QED) is 0.0582. The van der Waals surface area contributed by atoms with Gasteiger partial charge < -0.3 is 62.3 Å². The minimum atomic E-state index is -1.57. The number of nitrogens with two attached hydrogens (primary N) is 1. The Balaban J connectivity index is 1.70. The monoisotopic (exact) mass is 936 g/mol. The Morgan fingerprint density at radius 3 is 1.65 bits per heavy atom. The molecule has 3 aliphatic heterocycles. The number of nitrogens with zero attached hydrogens (tertiary/aromatic N) is 3. The molecule has 372 valence electrons. The molecule has 0 spiro atoms. The molecule has 8 amide bonds. The van der Waals surface area contributed by atoms with Gasteiger partial charge in [-0.2, -0.15) is 0 Å². The fourth-order valence-electron chi connectivity index (χ4n) is 8.55. The van der Waals surface area contributed by atoms with E-state index in [2.05, 4.69) is 26.6 Å². The molecule has 0 aromatic carbocycles. The van der Waals surface area contributed by atoms with Gasteiger partial charge in [-0.15, -0.1) is 0 Å². The van der Waals surface area contributed by atoms with Crippen LogP contribution >= 0.6 is 0 Å². The Hall–Kier alpha value is -5.38. The number of carboxylic acid groups (broad SMARTS) is 2. The van der Waals surface area contributed by atoms with Crippen molar-refractivity contribution in [2.45, 2.75) is 180 Å². The number of aliphatic hydroxyl groups is 1. The number of aliphatic hydroxyl groups excluding tert-OH is 1. The van der Waals surface area contributed by atoms with E-state index in [1.807, 2.05) is 20.8 Å². The van der Waals surface area contributed by atoms with Crippen molar-refractivity contribution in [2.24, 2.45) is 23.5 Å². The van der Waals surface area contributed by atoms with Crippen molar-refractivity contribution in [3.63, 3.8) is 0 Å². The average molecular weight is 936 g/mol. The van der Waals surface area contributed by atoms with Crippen molar-refractivity contribution in [3.8, 4) is 0 Å². The van der Waals surface area contributed by atoms with E-state index in [1.54, 1.807) is 20.8 Å². The molecule has 0 aliphatic carbocycles. The highest BCUT2D eigenvalue weighted by atomic mass is 16.4. The van der Waals surface area contributed by atoms with E-state index >= 15 is 0 Å². The highest BCUT2D eigenvalue weighted by Gasteiger charge is 2.45. The van der Waals surface area contributed by atoms with Crippen LogP contribution in [0.1, 0.15) is 120 Å². The first-order valence-electron chi connectivity index (χ1n) is 23.2. The molecule has 0 unspecified atom stereocenters. The fourth-order valence-corrected chi connectivity index (χ4v) is 8.55. The Labute approximate surface area is 386 Å². The number of amides is 8. The molecule has 22 heteroatoms. The molecule has 10 N–H and O–H groups in total. The first kappa shape index (κ1) is 55.0. The van der Waals surface area contributed by atoms with E-state index in [0.717, 1.165) is 0 Å². The molecule has 0 bridgehead atoms. The molecule has 3 saturated heterocycles. The summed E-state index contributed by atoms with van der Waals surface area (Å²) in [6.07, 6.45) is 0.401. The van der Waals surface area contributed by atoms with Crippen molar-refractivity contribution < 1.29 is 63.3 Å². The van der Waals surface area contributed by atoms with Gasteiger partial charge in [0.25, 0.3) is 0 Å². The standard InChI is InChI=1S/C44H73N9O13/c1-9-24(6)34(49-38(59)33(45)23(4)5)39(60)48-28(21-22(2)3)42(63)51-18-10-14-30(51)37(58)50-35(26(8)54)40(61)46-25(7)41(62)53-20-12-15-31(53)43(64)52-19-11-13-29(52)36(57)47-27(44(65)66)16-17-32(55)56/h22-31,33-35,54H,9-21,45H2,1-8H3,(H,46,61)(H,47,57)(H,48,60)(H,49,59)(H,50,58)(H,55,56)(H,65,66)/t24-,25-,26+,27-,28-,29-,30-,31-,33-,34-,35-/m0/s1. The molecule has 0 radical (unpaired) electrons. The summed E-state index contributed by atoms with van der Waals surface area (Å²) >= 11 is 0. The number of aliphatic carboxylic acids is 2. The van der Waals surface area contributed by atoms with Crippen molar-refractivity contribution in [1.29, 1.82) is 0 Å². The highest BCUT2D eigenvalue weighted by Crippen LogP contribution is 2.26. The molecule has 0 aromatic rings. The normalized spacial score (nSPS) is 22.1. The lowest BCUT2D eigenvalue weighted by Gasteiger charge is -2.33. The first-order valence-corrected chi connectivity index (χ1v) is 23.2. The molecule has 3 aliphatic rings. The Bertz CT molecular complexity index is 1790. The number of carbonyl (C=O) groups is 10. The van der Waals surface area contributed by atoms with E-state index in [0.29, 0.717) is 25.7 Å². The van der Waals surface area contributed by atoms with Gasteiger partial charge in [0.1, 0.15) is 48.3 Å². The summed E-state index contributed by atoms with van der Waals surface area (Å²) < 4.78 is 0. The smallest absolute Gasteiger partial charge is 0.326 e. The highest BCUT2D eigenvalue weighted by molar-refractivity contribution is 5.98. The zero-order chi connectivity index (χ0) is 49.7. The number of likely N-dealkylation sites (tertiary alicyclic amines) is 3. The summed E-state index contributed by atoms with van der Waals surface area (Å²) in [5.74, 6) is -8.41. The van der Waals surface area contributed by atoms with Crippen molar-refractivity contribution in [1.82, 2.24) is 41.3 Å². The predicted octanol–water partition coefficient (Wildman–Crippen LogP) is -1.19. The number of hydrogen-bond donors (Lipinski definition) is 9. The van der Waals surface area contributed by atoms with Crippen molar-refractivity contribution in [3.05, 3.63) is 0 Å². The Morgan fingerprint density at radius 1 is 0.621 bits per heavy atom. The maximum Gasteiger partial charge on any atom is 0.326 e. The van der Waals surface area contributed by atoms with Crippen LogP contribution in [0.15, 0.2) is 0 Å². The van der Waals surface area contributed by atoms with Crippen molar-refractivity contribution >= 4 is 59.2 Å². The van der Waals surface area contributed by atoms with E-state index in [-0.39, 0.29) is 69.5 Å². The predicted molar refractivity (Wildman–Crippen MR) is 237 cm³/mol. The maximum atomic E-state index is 14.2. The molecule has 66 heavy (non-hydrogen) atoms. The zero-order valence-electron chi connectivity index (χ0n) is 39.5. The number of rotatable bonds is 23. The van der Waals surface area contributed by atoms with Gasteiger partial charge in [-0.1, -0.05) is 48.0 Å². The number of carboxylic acids is 2. The van der Waals surface area contributed by atoms with Gasteiger partial charge in [0.2, 0.25) is 47.3 Å². The van der Waals surface area contributed by atoms with Crippen molar-refractivity contribution in [2.75, 3.05) is 19.6 Å². The summed E-state index contributed by atoms with van der Waals surface area (Å²) in [7, 11) is 0. The molecule has 0 saturated carbocycles. The van der Waals surface area contributed by atoms with E-state index in [4.69, 9.17) is 10.8 Å². The summed E-state index contributed by atoms with van der Waals surface area (Å²) in [6, 6.07) is -10.3. The molecular weight excluding hydrogens is 863 g/mol. The van der Waals surface area contributed by atoms with Gasteiger partial charge in [0, 0.05) is 26.1 Å². The van der Waals surface area contributed by atoms with Crippen LogP contribution in [0, 0.1) is 17.8 Å². The second kappa shape index (κ2) is 24.9. The topological polar surface area (TPSA) is 327 Å². The Kier molecular flexibility index (Phi) is 20.8. The second-order valence-corrected chi connectivity index (χ2v) is 18.7. The van der Waals surface area contributed by atoms with Gasteiger partial charge in [-0.3, -0.25) is 43.2 Å². The van der Waals surface area contributed by atoms with Gasteiger partial charge in [0.05, 0.1) is 12.1 Å². The summed E-state index contributed by atoms with van der Waals surface area (Å²) in [5, 5.41) is 42.2. The lowest BCUT2D eigenvalue weighted by Crippen LogP contribution is -2.61. The van der Waals surface area contributed by atoms with Crippen LogP contribution in [0.5, 0.6) is 0 Å². The van der Waals surface area contributed by atoms with Crippen LogP contribution in [-0.2, 0) is 47.9 Å². The summed E-state index contributed by atoms with van der Waals surface area (Å²) in [4.78, 5) is 136. The number of hydrogen-bond acceptors (Lipinski definition) is 12. The van der Waals surface area contributed by atoms with Crippen LogP contribution < -0.4 is 32.3 Å². The minimum absolute atomic E-state index is 0.0672. The third kappa shape index (κ3) is 14.6. The van der Waals surface area contributed by atoms with Crippen LogP contribution in [0.4, 0.5) is 0 Å². The lowest BCUT2D eigenvalue weighted by molar-refractivity contribution is -0.149. The minimum Gasteiger partial charge on any atom is -0.481 e. The molecule has 11 atom stereocenters.